The first kappa shape index (κ1) is 39.7. The predicted octanol–water partition coefficient (Wildman–Crippen LogP) is 8.70. The molecule has 5 aromatic carbocycles. The number of aliphatic hydroxyl groups is 1. The number of hydrogen-bond acceptors (Lipinski definition) is 8. The van der Waals surface area contributed by atoms with E-state index in [9.17, 15) is 34.7 Å². The predicted molar refractivity (Wildman–Crippen MR) is 208 cm³/mol. The Bertz CT molecular complexity index is 2190. The van der Waals surface area contributed by atoms with Gasteiger partial charge in [-0.05, 0) is 85.3 Å². The fraction of sp³-hybridized carbons (Fsp3) is 0.250. The lowest BCUT2D eigenvalue weighted by atomic mass is 9.85. The molecule has 284 valence electrons. The number of nitro groups is 1. The minimum absolute atomic E-state index is 0.0298. The fourth-order valence-corrected chi connectivity index (χ4v) is 6.35. The van der Waals surface area contributed by atoms with Gasteiger partial charge < -0.3 is 24.6 Å². The van der Waals surface area contributed by atoms with Crippen molar-refractivity contribution in [3.8, 4) is 5.75 Å². The van der Waals surface area contributed by atoms with Crippen molar-refractivity contribution in [2.75, 3.05) is 0 Å². The molecule has 0 saturated carbocycles. The number of rotatable bonds is 15. The van der Waals surface area contributed by atoms with Crippen molar-refractivity contribution in [2.45, 2.75) is 71.2 Å². The first-order chi connectivity index (χ1) is 26.2. The number of aliphatic carboxylic acids is 1. The second-order valence-electron chi connectivity index (χ2n) is 14.3. The van der Waals surface area contributed by atoms with Gasteiger partial charge in [0, 0.05) is 30.6 Å². The maximum absolute atomic E-state index is 14.6. The molecule has 1 amide bonds. The number of carbonyl (C=O) groups is 3. The van der Waals surface area contributed by atoms with Crippen LogP contribution in [0.1, 0.15) is 62.3 Å². The number of nitro benzene ring substituents is 1. The zero-order valence-electron chi connectivity index (χ0n) is 31.2. The number of esters is 1. The Hall–Kier alpha value is -6.49. The minimum Gasteiger partial charge on any atom is -0.503 e. The van der Waals surface area contributed by atoms with Crippen LogP contribution in [0, 0.1) is 10.1 Å². The normalized spacial score (nSPS) is 12.9. The van der Waals surface area contributed by atoms with Crippen molar-refractivity contribution in [3.63, 3.8) is 0 Å². The molecule has 0 aromatic heterocycles. The molecule has 55 heavy (non-hydrogen) atoms. The Morgan fingerprint density at radius 1 is 0.782 bits per heavy atom. The summed E-state index contributed by atoms with van der Waals surface area (Å²) in [5.41, 5.74) is 1.37. The molecule has 5 rings (SSSR count). The maximum Gasteiger partial charge on any atom is 0.339 e. The Kier molecular flexibility index (Phi) is 12.7. The van der Waals surface area contributed by atoms with Gasteiger partial charge in [-0.2, -0.15) is 0 Å². The molecule has 0 aliphatic rings. The topological polar surface area (TPSA) is 157 Å². The zero-order valence-corrected chi connectivity index (χ0v) is 31.2. The monoisotopic (exact) mass is 744 g/mol. The van der Waals surface area contributed by atoms with Crippen molar-refractivity contribution < 1.29 is 39.0 Å². The summed E-state index contributed by atoms with van der Waals surface area (Å²) >= 11 is 0. The summed E-state index contributed by atoms with van der Waals surface area (Å²) in [4.78, 5) is 52.2. The van der Waals surface area contributed by atoms with Crippen LogP contribution in [-0.2, 0) is 38.7 Å². The number of hydrogen-bond donors (Lipinski definition) is 2. The fourth-order valence-electron chi connectivity index (χ4n) is 6.35. The third kappa shape index (κ3) is 10.8. The molecule has 5 aromatic rings. The average Bonchev–Trinajstić information content (AvgIpc) is 3.16. The first-order valence-electron chi connectivity index (χ1n) is 17.8. The van der Waals surface area contributed by atoms with Gasteiger partial charge in [-0.25, -0.2) is 4.79 Å². The minimum atomic E-state index is -1.44. The number of para-hydroxylation sites is 1. The standard InChI is InChI=1S/C44H44N2O9/c1-29(38(34-19-21-36(22-20-34)46(52)53)25-30-11-10-12-32(23-30)28-54-37-15-6-5-7-16-37)45(27-31-17-18-33-13-8-9-14-35(33)24-31)42(50)41(49)39(26-40(47)48)43(51)55-44(2,3)4/h5-24,29,38,49H,25-28H2,1-4H3,(H,47,48)/b41-39+. The highest BCUT2D eigenvalue weighted by Crippen LogP contribution is 2.32. The van der Waals surface area contributed by atoms with Crippen LogP contribution >= 0.6 is 0 Å². The van der Waals surface area contributed by atoms with E-state index in [1.807, 2.05) is 97.1 Å². The van der Waals surface area contributed by atoms with Crippen molar-refractivity contribution in [3.05, 3.63) is 165 Å². The van der Waals surface area contributed by atoms with Gasteiger partial charge in [0.25, 0.3) is 11.6 Å². The highest BCUT2D eigenvalue weighted by Gasteiger charge is 2.35. The molecule has 0 spiro atoms. The smallest absolute Gasteiger partial charge is 0.339 e. The van der Waals surface area contributed by atoms with Crippen LogP contribution in [0.4, 0.5) is 5.69 Å². The number of aliphatic hydroxyl groups excluding tert-OH is 1. The second kappa shape index (κ2) is 17.6. The molecule has 0 saturated heterocycles. The van der Waals surface area contributed by atoms with Crippen molar-refractivity contribution in [1.29, 1.82) is 0 Å². The van der Waals surface area contributed by atoms with E-state index >= 15 is 0 Å². The largest absolute Gasteiger partial charge is 0.503 e. The molecular formula is C44H44N2O9. The summed E-state index contributed by atoms with van der Waals surface area (Å²) < 4.78 is 11.4. The number of amides is 1. The molecule has 0 aliphatic heterocycles. The van der Waals surface area contributed by atoms with E-state index in [4.69, 9.17) is 9.47 Å². The number of nitrogens with zero attached hydrogens (tertiary/aromatic N) is 2. The van der Waals surface area contributed by atoms with E-state index in [1.54, 1.807) is 39.8 Å². The number of carboxylic acid groups (broad SMARTS) is 1. The van der Waals surface area contributed by atoms with Crippen LogP contribution in [0.2, 0.25) is 0 Å². The van der Waals surface area contributed by atoms with E-state index in [1.165, 1.54) is 17.0 Å². The third-order valence-electron chi connectivity index (χ3n) is 9.09. The molecule has 11 heteroatoms. The number of non-ortho nitro benzene ring substituents is 1. The molecule has 2 unspecified atom stereocenters. The highest BCUT2D eigenvalue weighted by atomic mass is 16.6. The average molecular weight is 745 g/mol. The quantitative estimate of drug-likeness (QED) is 0.0352. The van der Waals surface area contributed by atoms with Gasteiger partial charge in [0.1, 0.15) is 18.0 Å². The van der Waals surface area contributed by atoms with Gasteiger partial charge in [-0.1, -0.05) is 91.0 Å². The van der Waals surface area contributed by atoms with Crippen LogP contribution < -0.4 is 4.74 Å². The van der Waals surface area contributed by atoms with Crippen molar-refractivity contribution >= 4 is 34.3 Å². The lowest BCUT2D eigenvalue weighted by Gasteiger charge is -2.36. The van der Waals surface area contributed by atoms with E-state index in [0.717, 1.165) is 27.6 Å². The Morgan fingerprint density at radius 2 is 1.44 bits per heavy atom. The number of benzene rings is 5. The molecule has 0 aliphatic carbocycles. The zero-order chi connectivity index (χ0) is 39.7. The Morgan fingerprint density at radius 3 is 2.09 bits per heavy atom. The Balaban J connectivity index is 1.59. The van der Waals surface area contributed by atoms with Gasteiger partial charge >= 0.3 is 11.9 Å². The second-order valence-corrected chi connectivity index (χ2v) is 14.3. The van der Waals surface area contributed by atoms with Crippen LogP contribution in [0.3, 0.4) is 0 Å². The number of ether oxygens (including phenoxy) is 2. The first-order valence-corrected chi connectivity index (χ1v) is 17.8. The highest BCUT2D eigenvalue weighted by molar-refractivity contribution is 6.03. The summed E-state index contributed by atoms with van der Waals surface area (Å²) in [5.74, 6) is -4.36. The molecule has 2 atom stereocenters. The van der Waals surface area contributed by atoms with Crippen LogP contribution in [-0.4, -0.2) is 49.5 Å². The van der Waals surface area contributed by atoms with Crippen molar-refractivity contribution in [2.24, 2.45) is 0 Å². The lowest BCUT2D eigenvalue weighted by molar-refractivity contribution is -0.384. The summed E-state index contributed by atoms with van der Waals surface area (Å²) in [6.45, 7) is 6.84. The molecule has 0 heterocycles. The van der Waals surface area contributed by atoms with E-state index in [-0.39, 0.29) is 12.2 Å². The van der Waals surface area contributed by atoms with E-state index in [0.29, 0.717) is 24.2 Å². The third-order valence-corrected chi connectivity index (χ3v) is 9.09. The summed E-state index contributed by atoms with van der Waals surface area (Å²) in [7, 11) is 0. The van der Waals surface area contributed by atoms with Crippen LogP contribution in [0.5, 0.6) is 5.75 Å². The van der Waals surface area contributed by atoms with Gasteiger partial charge in [0.05, 0.1) is 16.9 Å². The lowest BCUT2D eigenvalue weighted by Crippen LogP contribution is -2.43. The van der Waals surface area contributed by atoms with Crippen molar-refractivity contribution in [1.82, 2.24) is 4.90 Å². The summed E-state index contributed by atoms with van der Waals surface area (Å²) in [6.07, 6.45) is -0.591. The molecule has 0 fully saturated rings. The SMILES string of the molecule is CC(C(Cc1cccc(COc2ccccc2)c1)c1ccc([N+](=O)[O-])cc1)N(Cc1ccc2ccccc2c1)C(=O)/C(O)=C(/CC(=O)O)C(=O)OC(C)(C)C. The Labute approximate surface area is 319 Å². The van der Waals surface area contributed by atoms with E-state index in [2.05, 4.69) is 0 Å². The van der Waals surface area contributed by atoms with Crippen LogP contribution in [0.25, 0.3) is 10.8 Å². The van der Waals surface area contributed by atoms with Gasteiger partial charge in [0.2, 0.25) is 0 Å². The molecule has 2 N–H and O–H groups in total. The molecule has 0 bridgehead atoms. The molecule has 0 radical (unpaired) electrons. The molecule has 11 nitrogen and oxygen atoms in total. The molecular weight excluding hydrogens is 700 g/mol. The van der Waals surface area contributed by atoms with Gasteiger partial charge in [-0.15, -0.1) is 0 Å². The maximum atomic E-state index is 14.6. The van der Waals surface area contributed by atoms with E-state index < -0.39 is 58.1 Å². The van der Waals surface area contributed by atoms with Crippen LogP contribution in [0.15, 0.2) is 133 Å². The summed E-state index contributed by atoms with van der Waals surface area (Å²) in [6, 6.07) is 36.0. The van der Waals surface area contributed by atoms with Gasteiger partial charge in [-0.3, -0.25) is 19.7 Å². The summed E-state index contributed by atoms with van der Waals surface area (Å²) in [5, 5.41) is 34.7. The number of carbonyl (C=O) groups excluding carboxylic acids is 2. The van der Waals surface area contributed by atoms with Gasteiger partial charge in [0.15, 0.2) is 5.76 Å². The number of carboxylic acids is 1. The number of fused-ring (bicyclic) bond motifs is 1.